The maximum Gasteiger partial charge on any atom is 0.308 e. The summed E-state index contributed by atoms with van der Waals surface area (Å²) in [5, 5.41) is 17.1. The van der Waals surface area contributed by atoms with Gasteiger partial charge in [0.1, 0.15) is 11.5 Å². The van der Waals surface area contributed by atoms with Crippen LogP contribution < -0.4 is 0 Å². The van der Waals surface area contributed by atoms with Crippen LogP contribution in [0.5, 0.6) is 0 Å². The van der Waals surface area contributed by atoms with E-state index in [9.17, 15) is 14.7 Å². The van der Waals surface area contributed by atoms with Gasteiger partial charge in [0.25, 0.3) is 5.91 Å². The third-order valence-corrected chi connectivity index (χ3v) is 5.28. The maximum atomic E-state index is 12.9. The SMILES string of the molecule is Cc1ccc(-c2cc(C(=O)N3C[C@@H](C(=O)O)[C@H](c4ccc(Cl)cc4)C3)n[nH]2)o1. The summed E-state index contributed by atoms with van der Waals surface area (Å²) in [5.74, 6) is -0.876. The molecule has 0 radical (unpaired) electrons. The molecule has 1 aliphatic heterocycles. The molecule has 144 valence electrons. The van der Waals surface area contributed by atoms with Gasteiger partial charge in [-0.2, -0.15) is 5.10 Å². The highest BCUT2D eigenvalue weighted by molar-refractivity contribution is 6.30. The second-order valence-electron chi connectivity index (χ2n) is 6.89. The fourth-order valence-corrected chi connectivity index (χ4v) is 3.69. The topological polar surface area (TPSA) is 99.4 Å². The van der Waals surface area contributed by atoms with E-state index in [0.717, 1.165) is 11.3 Å². The molecule has 1 aromatic carbocycles. The van der Waals surface area contributed by atoms with Crippen molar-refractivity contribution < 1.29 is 19.1 Å². The molecule has 0 bridgehead atoms. The van der Waals surface area contributed by atoms with Crippen molar-refractivity contribution in [1.29, 1.82) is 0 Å². The molecule has 1 saturated heterocycles. The monoisotopic (exact) mass is 399 g/mol. The molecule has 3 aromatic rings. The minimum Gasteiger partial charge on any atom is -0.481 e. The van der Waals surface area contributed by atoms with Gasteiger partial charge in [0.2, 0.25) is 0 Å². The molecule has 2 N–H and O–H groups in total. The number of amides is 1. The van der Waals surface area contributed by atoms with Gasteiger partial charge in [-0.05, 0) is 36.8 Å². The Kier molecular flexibility index (Phi) is 4.68. The number of hydrogen-bond donors (Lipinski definition) is 2. The van der Waals surface area contributed by atoms with Crippen molar-refractivity contribution in [3.05, 3.63) is 64.5 Å². The predicted octanol–water partition coefficient (Wildman–Crippen LogP) is 3.57. The normalized spacial score (nSPS) is 19.1. The molecule has 1 fully saturated rings. The van der Waals surface area contributed by atoms with Crippen LogP contribution in [-0.2, 0) is 4.79 Å². The third-order valence-electron chi connectivity index (χ3n) is 5.03. The fraction of sp³-hybridized carbons (Fsp3) is 0.250. The number of benzene rings is 1. The molecule has 0 saturated carbocycles. The number of aliphatic carboxylic acids is 1. The molecule has 7 nitrogen and oxygen atoms in total. The number of aromatic nitrogens is 2. The largest absolute Gasteiger partial charge is 0.481 e. The van der Waals surface area contributed by atoms with Gasteiger partial charge in [-0.15, -0.1) is 0 Å². The number of carbonyl (C=O) groups is 2. The van der Waals surface area contributed by atoms with Crippen LogP contribution >= 0.6 is 11.6 Å². The van der Waals surface area contributed by atoms with E-state index in [1.807, 2.05) is 25.1 Å². The highest BCUT2D eigenvalue weighted by Crippen LogP contribution is 2.34. The molecule has 1 amide bonds. The number of nitrogens with one attached hydrogen (secondary N) is 1. The molecule has 2 atom stereocenters. The van der Waals surface area contributed by atoms with Gasteiger partial charge < -0.3 is 14.4 Å². The zero-order chi connectivity index (χ0) is 19.8. The number of nitrogens with zero attached hydrogens (tertiary/aromatic N) is 2. The van der Waals surface area contributed by atoms with Gasteiger partial charge >= 0.3 is 5.97 Å². The fourth-order valence-electron chi connectivity index (χ4n) is 3.57. The Bertz CT molecular complexity index is 1020. The minimum atomic E-state index is -0.927. The van der Waals surface area contributed by atoms with Crippen molar-refractivity contribution >= 4 is 23.5 Å². The Morgan fingerprint density at radius 2 is 1.96 bits per heavy atom. The van der Waals surface area contributed by atoms with Crippen LogP contribution in [0.25, 0.3) is 11.5 Å². The summed E-state index contributed by atoms with van der Waals surface area (Å²) in [6.45, 7) is 2.27. The van der Waals surface area contributed by atoms with E-state index in [2.05, 4.69) is 10.2 Å². The van der Waals surface area contributed by atoms with E-state index in [4.69, 9.17) is 16.0 Å². The van der Waals surface area contributed by atoms with Crippen molar-refractivity contribution in [2.45, 2.75) is 12.8 Å². The van der Waals surface area contributed by atoms with Crippen LogP contribution in [0.4, 0.5) is 0 Å². The summed E-state index contributed by atoms with van der Waals surface area (Å²) in [6.07, 6.45) is 0. The van der Waals surface area contributed by atoms with Crippen molar-refractivity contribution in [3.63, 3.8) is 0 Å². The highest BCUT2D eigenvalue weighted by Gasteiger charge is 2.41. The summed E-state index contributed by atoms with van der Waals surface area (Å²) in [7, 11) is 0. The first-order valence-electron chi connectivity index (χ1n) is 8.82. The number of hydrogen-bond acceptors (Lipinski definition) is 4. The lowest BCUT2D eigenvalue weighted by Gasteiger charge is -2.15. The Labute approximate surface area is 165 Å². The molecule has 0 spiro atoms. The van der Waals surface area contributed by atoms with Crippen molar-refractivity contribution in [2.75, 3.05) is 13.1 Å². The van der Waals surface area contributed by atoms with Crippen molar-refractivity contribution in [1.82, 2.24) is 15.1 Å². The summed E-state index contributed by atoms with van der Waals surface area (Å²) < 4.78 is 5.54. The van der Waals surface area contributed by atoms with E-state index in [1.54, 1.807) is 24.3 Å². The van der Waals surface area contributed by atoms with E-state index >= 15 is 0 Å². The lowest BCUT2D eigenvalue weighted by molar-refractivity contribution is -0.141. The number of aromatic amines is 1. The number of aryl methyl sites for hydroxylation is 1. The van der Waals surface area contributed by atoms with Gasteiger partial charge in [-0.3, -0.25) is 14.7 Å². The molecule has 3 heterocycles. The van der Waals surface area contributed by atoms with Gasteiger partial charge in [-0.25, -0.2) is 0 Å². The number of carboxylic acids is 1. The first kappa shape index (κ1) is 18.3. The van der Waals surface area contributed by atoms with Gasteiger partial charge in [0.05, 0.1) is 5.92 Å². The smallest absolute Gasteiger partial charge is 0.308 e. The lowest BCUT2D eigenvalue weighted by Crippen LogP contribution is -2.30. The Hall–Kier alpha value is -3.06. The quantitative estimate of drug-likeness (QED) is 0.698. The number of furan rings is 1. The van der Waals surface area contributed by atoms with Crippen LogP contribution in [-0.4, -0.2) is 45.2 Å². The summed E-state index contributed by atoms with van der Waals surface area (Å²) in [6, 6.07) is 12.3. The molecule has 2 aromatic heterocycles. The molecule has 8 heteroatoms. The maximum absolute atomic E-state index is 12.9. The van der Waals surface area contributed by atoms with Crippen LogP contribution in [0.2, 0.25) is 5.02 Å². The highest BCUT2D eigenvalue weighted by atomic mass is 35.5. The lowest BCUT2D eigenvalue weighted by atomic mass is 9.89. The molecule has 4 rings (SSSR count). The van der Waals surface area contributed by atoms with Crippen LogP contribution in [0.3, 0.4) is 0 Å². The first-order chi connectivity index (χ1) is 13.4. The third kappa shape index (κ3) is 3.41. The van der Waals surface area contributed by atoms with E-state index < -0.39 is 11.9 Å². The second-order valence-corrected chi connectivity index (χ2v) is 7.33. The average molecular weight is 400 g/mol. The second kappa shape index (κ2) is 7.16. The molecule has 1 aliphatic rings. The molecule has 0 unspecified atom stereocenters. The molecule has 0 aliphatic carbocycles. The number of carboxylic acid groups (broad SMARTS) is 1. The predicted molar refractivity (Wildman–Crippen MR) is 102 cm³/mol. The molecular weight excluding hydrogens is 382 g/mol. The van der Waals surface area contributed by atoms with Gasteiger partial charge in [0.15, 0.2) is 11.5 Å². The Balaban J connectivity index is 1.56. The van der Waals surface area contributed by atoms with Crippen LogP contribution in [0.15, 0.2) is 46.9 Å². The average Bonchev–Trinajstić information content (AvgIpc) is 3.40. The van der Waals surface area contributed by atoms with E-state index in [-0.39, 0.29) is 24.1 Å². The zero-order valence-corrected chi connectivity index (χ0v) is 15.8. The Morgan fingerprint density at radius 3 is 2.61 bits per heavy atom. The first-order valence-corrected chi connectivity index (χ1v) is 9.20. The summed E-state index contributed by atoms with van der Waals surface area (Å²) in [5.41, 5.74) is 1.67. The van der Waals surface area contributed by atoms with Crippen LogP contribution in [0.1, 0.15) is 27.7 Å². The number of rotatable bonds is 4. The van der Waals surface area contributed by atoms with Gasteiger partial charge in [0, 0.05) is 30.1 Å². The summed E-state index contributed by atoms with van der Waals surface area (Å²) >= 11 is 5.93. The number of likely N-dealkylation sites (tertiary alicyclic amines) is 1. The Morgan fingerprint density at radius 1 is 1.21 bits per heavy atom. The zero-order valence-electron chi connectivity index (χ0n) is 15.1. The van der Waals surface area contributed by atoms with Crippen LogP contribution in [0, 0.1) is 12.8 Å². The minimum absolute atomic E-state index is 0.128. The number of H-pyrrole nitrogens is 1. The summed E-state index contributed by atoms with van der Waals surface area (Å²) in [4.78, 5) is 26.2. The van der Waals surface area contributed by atoms with Crippen molar-refractivity contribution in [3.8, 4) is 11.5 Å². The van der Waals surface area contributed by atoms with Crippen molar-refractivity contribution in [2.24, 2.45) is 5.92 Å². The molecular formula is C20H18ClN3O4. The molecule has 28 heavy (non-hydrogen) atoms. The van der Waals surface area contributed by atoms with E-state index in [1.165, 1.54) is 4.90 Å². The number of carbonyl (C=O) groups excluding carboxylic acids is 1. The number of halogens is 1. The van der Waals surface area contributed by atoms with E-state index in [0.29, 0.717) is 23.0 Å². The standard InChI is InChI=1S/C20H18ClN3O4/c1-11-2-7-18(28-11)16-8-17(23-22-16)19(25)24-9-14(15(10-24)20(26)27)12-3-5-13(21)6-4-12/h2-8,14-15H,9-10H2,1H3,(H,22,23)(H,26,27)/t14-,15+/m0/s1. The van der Waals surface area contributed by atoms with Gasteiger partial charge in [-0.1, -0.05) is 23.7 Å².